The maximum absolute atomic E-state index is 10.3. The Bertz CT molecular complexity index is 267. The number of unbranched alkanes of at least 4 members (excludes halogenated alkanes) is 8. The van der Waals surface area contributed by atoms with Gasteiger partial charge in [0.15, 0.2) is 0 Å². The van der Waals surface area contributed by atoms with Crippen molar-refractivity contribution >= 4 is 5.97 Å². The molecule has 0 aliphatic carbocycles. The second kappa shape index (κ2) is 16.0. The first-order valence-electron chi connectivity index (χ1n) is 8.29. The van der Waals surface area contributed by atoms with Crippen molar-refractivity contribution in [3.05, 3.63) is 24.3 Å². The second-order valence-corrected chi connectivity index (χ2v) is 5.37. The quantitative estimate of drug-likeness (QED) is 0.318. The molecule has 2 nitrogen and oxygen atoms in total. The predicted molar refractivity (Wildman–Crippen MR) is 87.0 cm³/mol. The molecule has 0 aliphatic rings. The zero-order valence-electron chi connectivity index (χ0n) is 13.2. The smallest absolute Gasteiger partial charge is 0.303 e. The SMILES string of the molecule is CCCCC/C=C/C/C=C\CCCCCCCC(=O)O. The molecule has 0 saturated heterocycles. The summed E-state index contributed by atoms with van der Waals surface area (Å²) in [4.78, 5) is 10.3. The van der Waals surface area contributed by atoms with E-state index in [1.807, 2.05) is 0 Å². The Hall–Kier alpha value is -1.05. The molecule has 0 spiro atoms. The lowest BCUT2D eigenvalue weighted by atomic mass is 10.1. The molecule has 0 amide bonds. The van der Waals surface area contributed by atoms with Gasteiger partial charge in [-0.3, -0.25) is 4.79 Å². The summed E-state index contributed by atoms with van der Waals surface area (Å²) in [6.07, 6.45) is 22.3. The highest BCUT2D eigenvalue weighted by Gasteiger charge is 1.95. The highest BCUT2D eigenvalue weighted by Crippen LogP contribution is 2.08. The Morgan fingerprint density at radius 3 is 1.95 bits per heavy atom. The highest BCUT2D eigenvalue weighted by atomic mass is 16.4. The van der Waals surface area contributed by atoms with Gasteiger partial charge < -0.3 is 5.11 Å². The van der Waals surface area contributed by atoms with Crippen LogP contribution < -0.4 is 0 Å². The molecule has 0 aromatic heterocycles. The number of hydrogen-bond acceptors (Lipinski definition) is 1. The van der Waals surface area contributed by atoms with Crippen LogP contribution in [0.3, 0.4) is 0 Å². The van der Waals surface area contributed by atoms with Gasteiger partial charge in [-0.25, -0.2) is 0 Å². The first-order valence-corrected chi connectivity index (χ1v) is 8.29. The Morgan fingerprint density at radius 2 is 1.35 bits per heavy atom. The molecule has 0 fully saturated rings. The summed E-state index contributed by atoms with van der Waals surface area (Å²) in [6.45, 7) is 2.23. The molecule has 0 unspecified atom stereocenters. The van der Waals surface area contributed by atoms with Crippen molar-refractivity contribution in [2.24, 2.45) is 0 Å². The van der Waals surface area contributed by atoms with Crippen LogP contribution in [-0.4, -0.2) is 11.1 Å². The van der Waals surface area contributed by atoms with Crippen LogP contribution in [0, 0.1) is 0 Å². The van der Waals surface area contributed by atoms with Crippen molar-refractivity contribution in [3.8, 4) is 0 Å². The molecular formula is C18H32O2. The number of rotatable bonds is 14. The fourth-order valence-corrected chi connectivity index (χ4v) is 2.09. The van der Waals surface area contributed by atoms with E-state index in [0.29, 0.717) is 6.42 Å². The van der Waals surface area contributed by atoms with Crippen LogP contribution in [0.2, 0.25) is 0 Å². The average molecular weight is 280 g/mol. The van der Waals surface area contributed by atoms with Crippen molar-refractivity contribution in [2.45, 2.75) is 84.0 Å². The zero-order valence-corrected chi connectivity index (χ0v) is 13.2. The van der Waals surface area contributed by atoms with Gasteiger partial charge in [0.25, 0.3) is 0 Å². The number of hydrogen-bond donors (Lipinski definition) is 1. The third-order valence-corrected chi connectivity index (χ3v) is 3.34. The van der Waals surface area contributed by atoms with E-state index < -0.39 is 5.97 Å². The summed E-state index contributed by atoms with van der Waals surface area (Å²) in [5, 5.41) is 8.50. The number of allylic oxidation sites excluding steroid dienone is 4. The van der Waals surface area contributed by atoms with Gasteiger partial charge in [0, 0.05) is 6.42 Å². The second-order valence-electron chi connectivity index (χ2n) is 5.37. The molecule has 0 heterocycles. The van der Waals surface area contributed by atoms with Crippen LogP contribution in [-0.2, 0) is 4.79 Å². The third kappa shape index (κ3) is 16.9. The number of aliphatic carboxylic acids is 1. The Balaban J connectivity index is 3.17. The normalized spacial score (nSPS) is 11.7. The fourth-order valence-electron chi connectivity index (χ4n) is 2.09. The molecule has 0 atom stereocenters. The first-order chi connectivity index (χ1) is 9.77. The first kappa shape index (κ1) is 18.9. The Labute approximate surface area is 125 Å². The average Bonchev–Trinajstić information content (AvgIpc) is 2.43. The largest absolute Gasteiger partial charge is 0.481 e. The van der Waals surface area contributed by atoms with Gasteiger partial charge in [0.05, 0.1) is 0 Å². The topological polar surface area (TPSA) is 37.3 Å². The molecule has 0 aromatic carbocycles. The van der Waals surface area contributed by atoms with E-state index in [-0.39, 0.29) is 0 Å². The molecule has 0 radical (unpaired) electrons. The van der Waals surface area contributed by atoms with Crippen LogP contribution in [0.25, 0.3) is 0 Å². The summed E-state index contributed by atoms with van der Waals surface area (Å²) in [6, 6.07) is 0. The lowest BCUT2D eigenvalue weighted by Gasteiger charge is -1.98. The fraction of sp³-hybridized carbons (Fsp3) is 0.722. The van der Waals surface area contributed by atoms with E-state index in [2.05, 4.69) is 31.2 Å². The molecule has 20 heavy (non-hydrogen) atoms. The van der Waals surface area contributed by atoms with Gasteiger partial charge in [-0.15, -0.1) is 0 Å². The van der Waals surface area contributed by atoms with E-state index in [9.17, 15) is 4.79 Å². The van der Waals surface area contributed by atoms with Crippen LogP contribution in [0.1, 0.15) is 84.0 Å². The van der Waals surface area contributed by atoms with Crippen molar-refractivity contribution < 1.29 is 9.90 Å². The molecule has 0 aliphatic heterocycles. The molecule has 116 valence electrons. The van der Waals surface area contributed by atoms with Crippen LogP contribution in [0.5, 0.6) is 0 Å². The molecule has 2 heteroatoms. The Morgan fingerprint density at radius 1 is 0.800 bits per heavy atom. The van der Waals surface area contributed by atoms with E-state index in [1.165, 1.54) is 44.9 Å². The van der Waals surface area contributed by atoms with Crippen molar-refractivity contribution in [3.63, 3.8) is 0 Å². The van der Waals surface area contributed by atoms with Crippen molar-refractivity contribution in [2.75, 3.05) is 0 Å². The van der Waals surface area contributed by atoms with Gasteiger partial charge in [-0.1, -0.05) is 63.3 Å². The van der Waals surface area contributed by atoms with E-state index in [4.69, 9.17) is 5.11 Å². The van der Waals surface area contributed by atoms with E-state index in [1.54, 1.807) is 0 Å². The maximum Gasteiger partial charge on any atom is 0.303 e. The molecule has 0 rings (SSSR count). The zero-order chi connectivity index (χ0) is 14.9. The van der Waals surface area contributed by atoms with E-state index in [0.717, 1.165) is 25.7 Å². The monoisotopic (exact) mass is 280 g/mol. The van der Waals surface area contributed by atoms with Crippen LogP contribution in [0.15, 0.2) is 24.3 Å². The molecule has 0 aromatic rings. The van der Waals surface area contributed by atoms with Gasteiger partial charge in [-0.2, -0.15) is 0 Å². The van der Waals surface area contributed by atoms with Crippen LogP contribution >= 0.6 is 0 Å². The summed E-state index contributed by atoms with van der Waals surface area (Å²) in [5.41, 5.74) is 0. The Kier molecular flexibility index (Phi) is 15.2. The van der Waals surface area contributed by atoms with Crippen molar-refractivity contribution in [1.82, 2.24) is 0 Å². The molecular weight excluding hydrogens is 248 g/mol. The number of carboxylic acid groups (broad SMARTS) is 1. The van der Waals surface area contributed by atoms with Crippen molar-refractivity contribution in [1.29, 1.82) is 0 Å². The number of carboxylic acids is 1. The lowest BCUT2D eigenvalue weighted by Crippen LogP contribution is -1.93. The lowest BCUT2D eigenvalue weighted by molar-refractivity contribution is -0.137. The van der Waals surface area contributed by atoms with Gasteiger partial charge in [0.1, 0.15) is 0 Å². The highest BCUT2D eigenvalue weighted by molar-refractivity contribution is 5.66. The van der Waals surface area contributed by atoms with Crippen LogP contribution in [0.4, 0.5) is 0 Å². The summed E-state index contributed by atoms with van der Waals surface area (Å²) < 4.78 is 0. The molecule has 1 N–H and O–H groups in total. The predicted octanol–water partition coefficient (Wildman–Crippen LogP) is 5.88. The summed E-state index contributed by atoms with van der Waals surface area (Å²) in [7, 11) is 0. The van der Waals surface area contributed by atoms with Gasteiger partial charge >= 0.3 is 5.97 Å². The minimum absolute atomic E-state index is 0.324. The molecule has 0 bridgehead atoms. The van der Waals surface area contributed by atoms with Gasteiger partial charge in [0.2, 0.25) is 0 Å². The standard InChI is InChI=1S/C18H32O2/c1-2-3-4-5-6-7-8-9-10-11-12-13-14-15-16-17-18(19)20/h6-7,9-10H,2-5,8,11-17H2,1H3,(H,19,20)/b7-6+,10-9-. The minimum Gasteiger partial charge on any atom is -0.481 e. The molecule has 0 saturated carbocycles. The minimum atomic E-state index is -0.671. The summed E-state index contributed by atoms with van der Waals surface area (Å²) in [5.74, 6) is -0.671. The summed E-state index contributed by atoms with van der Waals surface area (Å²) >= 11 is 0. The van der Waals surface area contributed by atoms with Gasteiger partial charge in [-0.05, 0) is 38.5 Å². The third-order valence-electron chi connectivity index (χ3n) is 3.34. The maximum atomic E-state index is 10.3. The van der Waals surface area contributed by atoms with E-state index >= 15 is 0 Å². The number of carbonyl (C=O) groups is 1.